The Bertz CT molecular complexity index is 3170. The lowest BCUT2D eigenvalue weighted by atomic mass is 9.67. The summed E-state index contributed by atoms with van der Waals surface area (Å²) in [5.41, 5.74) is 14.5. The fourth-order valence-electron chi connectivity index (χ4n) is 9.90. The fraction of sp³-hybridized carbons (Fsp3) is 0.0175. The van der Waals surface area contributed by atoms with E-state index in [9.17, 15) is 0 Å². The maximum Gasteiger partial charge on any atom is 0.178 e. The van der Waals surface area contributed by atoms with E-state index in [0.29, 0.717) is 0 Å². The van der Waals surface area contributed by atoms with E-state index in [0.717, 1.165) is 62.3 Å². The van der Waals surface area contributed by atoms with E-state index in [1.807, 2.05) is 6.07 Å². The molecule has 0 radical (unpaired) electrons. The van der Waals surface area contributed by atoms with Gasteiger partial charge in [-0.15, -0.1) is 0 Å². The minimum atomic E-state index is -0.505. The molecule has 0 unspecified atom stereocenters. The van der Waals surface area contributed by atoms with Crippen LogP contribution in [-0.4, -0.2) is 4.57 Å². The van der Waals surface area contributed by atoms with Crippen LogP contribution in [0.2, 0.25) is 0 Å². The minimum Gasteiger partial charge on any atom is -0.451 e. The first-order valence-electron chi connectivity index (χ1n) is 20.9. The van der Waals surface area contributed by atoms with Crippen molar-refractivity contribution in [1.29, 1.82) is 0 Å². The number of ether oxygens (including phenoxy) is 1. The molecular formula is C57H39N3O. The second kappa shape index (κ2) is 14.0. The van der Waals surface area contributed by atoms with E-state index in [2.05, 4.69) is 245 Å². The van der Waals surface area contributed by atoms with E-state index >= 15 is 0 Å². The molecule has 1 aliphatic carbocycles. The van der Waals surface area contributed by atoms with Crippen LogP contribution in [0.15, 0.2) is 237 Å². The molecule has 0 spiro atoms. The van der Waals surface area contributed by atoms with Crippen molar-refractivity contribution in [3.63, 3.8) is 0 Å². The zero-order chi connectivity index (χ0) is 40.3. The highest BCUT2D eigenvalue weighted by Gasteiger charge is 2.46. The lowest BCUT2D eigenvalue weighted by Gasteiger charge is -2.35. The Hall–Kier alpha value is -8.08. The molecule has 2 aliphatic rings. The van der Waals surface area contributed by atoms with Crippen molar-refractivity contribution >= 4 is 45.2 Å². The van der Waals surface area contributed by atoms with E-state index in [4.69, 9.17) is 4.74 Å². The summed E-state index contributed by atoms with van der Waals surface area (Å²) in [5, 5.41) is 1.06. The van der Waals surface area contributed by atoms with Crippen molar-refractivity contribution in [3.8, 4) is 28.3 Å². The molecule has 1 aliphatic heterocycles. The van der Waals surface area contributed by atoms with Gasteiger partial charge in [0.05, 0.1) is 16.6 Å². The third-order valence-electron chi connectivity index (χ3n) is 12.4. The lowest BCUT2D eigenvalue weighted by molar-refractivity contribution is 0.481. The maximum atomic E-state index is 6.79. The summed E-state index contributed by atoms with van der Waals surface area (Å²) in [6.45, 7) is 0. The molecule has 0 bridgehead atoms. The number of hydrogen-bond acceptors (Lipinski definition) is 3. The van der Waals surface area contributed by atoms with E-state index in [-0.39, 0.29) is 0 Å². The van der Waals surface area contributed by atoms with Crippen LogP contribution in [0.25, 0.3) is 27.7 Å². The SMILES string of the molecule is c1ccc(N(c2ccc(N3c4ccccc4Oc4c3n(-c3ccccc3)c3ccccc43)cc2)c2ccc3c(c2)C(c2ccccc2)(c2ccccc2)c2ccccc2-3)cc1. The smallest absolute Gasteiger partial charge is 0.178 e. The third kappa shape index (κ3) is 5.32. The number of rotatable bonds is 7. The predicted molar refractivity (Wildman–Crippen MR) is 250 cm³/mol. The van der Waals surface area contributed by atoms with E-state index in [1.165, 1.54) is 33.4 Å². The zero-order valence-electron chi connectivity index (χ0n) is 33.3. The Kier molecular flexibility index (Phi) is 8.04. The van der Waals surface area contributed by atoms with Gasteiger partial charge in [-0.3, -0.25) is 9.47 Å². The second-order valence-electron chi connectivity index (χ2n) is 15.7. The standard InChI is InChI=1S/C57H39N3O/c1-5-19-40(20-6-1)57(41-21-7-2-8-22-41)50-29-15-13-27-47(50)48-38-37-46(39-51(48)57)58(42-23-9-3-10-24-42)44-33-35-45(36-34-44)60-53-31-17-18-32-54(53)61-55-49-28-14-16-30-52(49)59(56(55)60)43-25-11-4-12-26-43/h1-39H. The summed E-state index contributed by atoms with van der Waals surface area (Å²) in [6.07, 6.45) is 0. The van der Waals surface area contributed by atoms with Crippen LogP contribution in [0.5, 0.6) is 11.5 Å². The summed E-state index contributed by atoms with van der Waals surface area (Å²) in [4.78, 5) is 4.73. The molecule has 0 N–H and O–H groups in total. The van der Waals surface area contributed by atoms with Gasteiger partial charge < -0.3 is 9.64 Å². The number of fused-ring (bicyclic) bond motifs is 7. The summed E-state index contributed by atoms with van der Waals surface area (Å²) < 4.78 is 9.11. The average molecular weight is 782 g/mol. The number of nitrogens with zero attached hydrogens (tertiary/aromatic N) is 3. The first-order valence-corrected chi connectivity index (χ1v) is 20.9. The quantitative estimate of drug-likeness (QED) is 0.161. The predicted octanol–water partition coefficient (Wildman–Crippen LogP) is 15.0. The Labute approximate surface area is 355 Å². The van der Waals surface area contributed by atoms with Gasteiger partial charge in [0.25, 0.3) is 0 Å². The third-order valence-corrected chi connectivity index (χ3v) is 12.4. The normalized spacial score (nSPS) is 13.1. The van der Waals surface area contributed by atoms with E-state index in [1.54, 1.807) is 0 Å². The monoisotopic (exact) mass is 781 g/mol. The summed E-state index contributed by atoms with van der Waals surface area (Å²) in [6, 6.07) is 85.1. The Morgan fingerprint density at radius 1 is 0.410 bits per heavy atom. The van der Waals surface area contributed by atoms with Gasteiger partial charge in [-0.2, -0.15) is 0 Å². The van der Waals surface area contributed by atoms with Crippen molar-refractivity contribution in [2.24, 2.45) is 0 Å². The molecule has 9 aromatic carbocycles. The van der Waals surface area contributed by atoms with Crippen LogP contribution in [-0.2, 0) is 5.41 Å². The lowest BCUT2D eigenvalue weighted by Crippen LogP contribution is -2.28. The molecule has 0 saturated carbocycles. The molecule has 61 heavy (non-hydrogen) atoms. The van der Waals surface area contributed by atoms with Crippen LogP contribution >= 0.6 is 0 Å². The number of para-hydroxylation sites is 5. The molecule has 10 aromatic rings. The largest absolute Gasteiger partial charge is 0.451 e. The highest BCUT2D eigenvalue weighted by molar-refractivity contribution is 6.01. The number of anilines is 6. The van der Waals surface area contributed by atoms with Gasteiger partial charge in [0.1, 0.15) is 0 Å². The zero-order valence-corrected chi connectivity index (χ0v) is 33.3. The minimum absolute atomic E-state index is 0.505. The highest BCUT2D eigenvalue weighted by atomic mass is 16.5. The van der Waals surface area contributed by atoms with Gasteiger partial charge in [0.2, 0.25) is 0 Å². The molecule has 0 saturated heterocycles. The first kappa shape index (κ1) is 34.9. The van der Waals surface area contributed by atoms with Crippen molar-refractivity contribution in [2.45, 2.75) is 5.41 Å². The molecule has 1 aromatic heterocycles. The van der Waals surface area contributed by atoms with Gasteiger partial charge in [-0.25, -0.2) is 0 Å². The van der Waals surface area contributed by atoms with Crippen LogP contribution in [0.3, 0.4) is 0 Å². The Morgan fingerprint density at radius 2 is 0.967 bits per heavy atom. The summed E-state index contributed by atoms with van der Waals surface area (Å²) in [7, 11) is 0. The molecule has 12 rings (SSSR count). The highest BCUT2D eigenvalue weighted by Crippen LogP contribution is 2.58. The van der Waals surface area contributed by atoms with Crippen LogP contribution in [0.4, 0.5) is 34.3 Å². The molecule has 0 atom stereocenters. The number of aromatic nitrogens is 1. The molecule has 4 heteroatoms. The van der Waals surface area contributed by atoms with Gasteiger partial charge in [0, 0.05) is 33.8 Å². The van der Waals surface area contributed by atoms with Crippen LogP contribution in [0.1, 0.15) is 22.3 Å². The van der Waals surface area contributed by atoms with Crippen molar-refractivity contribution in [1.82, 2.24) is 4.57 Å². The number of hydrogen-bond donors (Lipinski definition) is 0. The molecule has 0 amide bonds. The van der Waals surface area contributed by atoms with Crippen molar-refractivity contribution in [3.05, 3.63) is 259 Å². The Balaban J connectivity index is 1.04. The Morgan fingerprint density at radius 3 is 1.70 bits per heavy atom. The molecule has 2 heterocycles. The maximum absolute atomic E-state index is 6.79. The summed E-state index contributed by atoms with van der Waals surface area (Å²) >= 11 is 0. The molecular weight excluding hydrogens is 743 g/mol. The van der Waals surface area contributed by atoms with Gasteiger partial charge >= 0.3 is 0 Å². The second-order valence-corrected chi connectivity index (χ2v) is 15.7. The van der Waals surface area contributed by atoms with Gasteiger partial charge in [-0.1, -0.05) is 152 Å². The van der Waals surface area contributed by atoms with Gasteiger partial charge in [-0.05, 0) is 118 Å². The molecule has 4 nitrogen and oxygen atoms in total. The van der Waals surface area contributed by atoms with Gasteiger partial charge in [0.15, 0.2) is 17.3 Å². The fourth-order valence-corrected chi connectivity index (χ4v) is 9.90. The molecule has 0 fully saturated rings. The summed E-state index contributed by atoms with van der Waals surface area (Å²) in [5.74, 6) is 2.63. The average Bonchev–Trinajstić information content (AvgIpc) is 3.82. The van der Waals surface area contributed by atoms with E-state index < -0.39 is 5.41 Å². The number of benzene rings is 9. The van der Waals surface area contributed by atoms with Crippen LogP contribution in [0, 0.1) is 0 Å². The van der Waals surface area contributed by atoms with Crippen molar-refractivity contribution in [2.75, 3.05) is 9.80 Å². The van der Waals surface area contributed by atoms with Crippen LogP contribution < -0.4 is 14.5 Å². The first-order chi connectivity index (χ1) is 30.3. The van der Waals surface area contributed by atoms with Crippen molar-refractivity contribution < 1.29 is 4.74 Å². The molecule has 288 valence electrons. The topological polar surface area (TPSA) is 20.6 Å².